The van der Waals surface area contributed by atoms with Gasteiger partial charge in [0.2, 0.25) is 0 Å². The molecule has 1 aromatic heterocycles. The molecule has 0 saturated carbocycles. The third-order valence-corrected chi connectivity index (χ3v) is 3.93. The summed E-state index contributed by atoms with van der Waals surface area (Å²) in [5.41, 5.74) is 2.96. The van der Waals surface area contributed by atoms with Crippen LogP contribution in [0.1, 0.15) is 5.56 Å². The van der Waals surface area contributed by atoms with E-state index < -0.39 is 0 Å². The molecular weight excluding hydrogens is 268 g/mol. The quantitative estimate of drug-likeness (QED) is 0.672. The number of aromatic nitrogens is 1. The molecular formula is C16H16N2OS. The van der Waals surface area contributed by atoms with Gasteiger partial charge in [-0.05, 0) is 36.1 Å². The number of fused-ring (bicyclic) bond motifs is 1. The van der Waals surface area contributed by atoms with E-state index in [0.29, 0.717) is 6.01 Å². The van der Waals surface area contributed by atoms with Crippen molar-refractivity contribution in [1.29, 1.82) is 0 Å². The smallest absolute Gasteiger partial charge is 0.298 e. The van der Waals surface area contributed by atoms with E-state index in [-0.39, 0.29) is 0 Å². The van der Waals surface area contributed by atoms with Gasteiger partial charge < -0.3 is 9.32 Å². The molecule has 0 unspecified atom stereocenters. The fourth-order valence-electron chi connectivity index (χ4n) is 2.10. The van der Waals surface area contributed by atoms with Crippen LogP contribution in [0.15, 0.2) is 57.8 Å². The number of oxazole rings is 1. The Morgan fingerprint density at radius 2 is 1.85 bits per heavy atom. The van der Waals surface area contributed by atoms with Gasteiger partial charge >= 0.3 is 0 Å². The van der Waals surface area contributed by atoms with Gasteiger partial charge in [0.05, 0.1) is 0 Å². The van der Waals surface area contributed by atoms with Gasteiger partial charge in [-0.2, -0.15) is 4.98 Å². The standard InChI is InChI=1S/C16H16N2OS/c1-18(11-12-7-9-13(20-2)10-8-12)16-17-14-5-3-4-6-15(14)19-16/h3-10H,11H2,1-2H3. The zero-order valence-electron chi connectivity index (χ0n) is 11.5. The second-order valence-electron chi connectivity index (χ2n) is 4.67. The van der Waals surface area contributed by atoms with Crippen molar-refractivity contribution in [3.05, 3.63) is 54.1 Å². The average molecular weight is 284 g/mol. The van der Waals surface area contributed by atoms with Crippen molar-refractivity contribution in [2.75, 3.05) is 18.2 Å². The average Bonchev–Trinajstić information content (AvgIpc) is 2.92. The monoisotopic (exact) mass is 284 g/mol. The minimum atomic E-state index is 0.653. The van der Waals surface area contributed by atoms with Crippen LogP contribution in [0.25, 0.3) is 11.1 Å². The molecule has 20 heavy (non-hydrogen) atoms. The Hall–Kier alpha value is -1.94. The number of rotatable bonds is 4. The summed E-state index contributed by atoms with van der Waals surface area (Å²) >= 11 is 1.75. The predicted octanol–water partition coefficient (Wildman–Crippen LogP) is 4.19. The van der Waals surface area contributed by atoms with Crippen LogP contribution < -0.4 is 4.90 Å². The summed E-state index contributed by atoms with van der Waals surface area (Å²) in [6.45, 7) is 0.779. The molecule has 3 aromatic rings. The van der Waals surface area contributed by atoms with Crippen molar-refractivity contribution >= 4 is 28.9 Å². The van der Waals surface area contributed by atoms with Gasteiger partial charge in [-0.15, -0.1) is 11.8 Å². The van der Waals surface area contributed by atoms with Gasteiger partial charge in [0.15, 0.2) is 5.58 Å². The lowest BCUT2D eigenvalue weighted by Gasteiger charge is -2.14. The van der Waals surface area contributed by atoms with Crippen molar-refractivity contribution in [3.63, 3.8) is 0 Å². The van der Waals surface area contributed by atoms with Crippen LogP contribution in [0.4, 0.5) is 6.01 Å². The Bertz CT molecular complexity index is 673. The summed E-state index contributed by atoms with van der Waals surface area (Å²) < 4.78 is 5.76. The normalized spacial score (nSPS) is 10.9. The lowest BCUT2D eigenvalue weighted by molar-refractivity contribution is 0.582. The fraction of sp³-hybridized carbons (Fsp3) is 0.188. The van der Waals surface area contributed by atoms with Crippen LogP contribution in [0.3, 0.4) is 0 Å². The molecule has 0 aliphatic carbocycles. The molecule has 0 atom stereocenters. The van der Waals surface area contributed by atoms with Crippen LogP contribution in [-0.2, 0) is 6.54 Å². The Labute approximate surface area is 122 Å². The van der Waals surface area contributed by atoms with Crippen molar-refractivity contribution < 1.29 is 4.42 Å². The molecule has 0 amide bonds. The highest BCUT2D eigenvalue weighted by molar-refractivity contribution is 7.98. The second-order valence-corrected chi connectivity index (χ2v) is 5.55. The second kappa shape index (κ2) is 5.59. The SMILES string of the molecule is CSc1ccc(CN(C)c2nc3ccccc3o2)cc1. The van der Waals surface area contributed by atoms with Crippen LogP contribution in [0.5, 0.6) is 0 Å². The van der Waals surface area contributed by atoms with Crippen LogP contribution in [0, 0.1) is 0 Å². The van der Waals surface area contributed by atoms with E-state index >= 15 is 0 Å². The third-order valence-electron chi connectivity index (χ3n) is 3.19. The van der Waals surface area contributed by atoms with E-state index in [1.165, 1.54) is 10.5 Å². The number of nitrogens with zero attached hydrogens (tertiary/aromatic N) is 2. The molecule has 3 rings (SSSR count). The Balaban J connectivity index is 1.79. The zero-order chi connectivity index (χ0) is 13.9. The molecule has 0 spiro atoms. The lowest BCUT2D eigenvalue weighted by Crippen LogP contribution is -2.16. The largest absolute Gasteiger partial charge is 0.423 e. The zero-order valence-corrected chi connectivity index (χ0v) is 12.4. The number of hydrogen-bond donors (Lipinski definition) is 0. The fourth-order valence-corrected chi connectivity index (χ4v) is 2.50. The summed E-state index contributed by atoms with van der Waals surface area (Å²) in [5, 5.41) is 0. The molecule has 4 heteroatoms. The van der Waals surface area contributed by atoms with E-state index in [0.717, 1.165) is 17.6 Å². The van der Waals surface area contributed by atoms with E-state index in [2.05, 4.69) is 35.5 Å². The van der Waals surface area contributed by atoms with E-state index in [1.54, 1.807) is 11.8 Å². The maximum atomic E-state index is 5.76. The number of benzene rings is 2. The highest BCUT2D eigenvalue weighted by Gasteiger charge is 2.10. The lowest BCUT2D eigenvalue weighted by atomic mass is 10.2. The molecule has 0 fully saturated rings. The molecule has 1 heterocycles. The minimum Gasteiger partial charge on any atom is -0.423 e. The maximum Gasteiger partial charge on any atom is 0.298 e. The molecule has 0 radical (unpaired) electrons. The Morgan fingerprint density at radius 1 is 1.10 bits per heavy atom. The van der Waals surface area contributed by atoms with Gasteiger partial charge in [-0.25, -0.2) is 0 Å². The molecule has 2 aromatic carbocycles. The number of hydrogen-bond acceptors (Lipinski definition) is 4. The summed E-state index contributed by atoms with van der Waals surface area (Å²) in [6.07, 6.45) is 2.08. The van der Waals surface area contributed by atoms with Gasteiger partial charge in [0.1, 0.15) is 5.52 Å². The van der Waals surface area contributed by atoms with Crippen LogP contribution in [-0.4, -0.2) is 18.3 Å². The first-order chi connectivity index (χ1) is 9.76. The highest BCUT2D eigenvalue weighted by Crippen LogP contribution is 2.22. The summed E-state index contributed by atoms with van der Waals surface area (Å²) in [7, 11) is 1.99. The molecule has 0 bridgehead atoms. The highest BCUT2D eigenvalue weighted by atomic mass is 32.2. The summed E-state index contributed by atoms with van der Waals surface area (Å²) in [5.74, 6) is 0. The third kappa shape index (κ3) is 2.65. The number of anilines is 1. The molecule has 0 saturated heterocycles. The molecule has 0 aliphatic heterocycles. The summed E-state index contributed by atoms with van der Waals surface area (Å²) in [6, 6.07) is 17.0. The van der Waals surface area contributed by atoms with Crippen molar-refractivity contribution in [1.82, 2.24) is 4.98 Å². The maximum absolute atomic E-state index is 5.76. The van der Waals surface area contributed by atoms with Crippen molar-refractivity contribution in [3.8, 4) is 0 Å². The number of thioether (sulfide) groups is 1. The van der Waals surface area contributed by atoms with Gasteiger partial charge in [0.25, 0.3) is 6.01 Å². The van der Waals surface area contributed by atoms with Gasteiger partial charge in [-0.3, -0.25) is 0 Å². The van der Waals surface area contributed by atoms with Gasteiger partial charge in [-0.1, -0.05) is 24.3 Å². The predicted molar refractivity (Wildman–Crippen MR) is 84.3 cm³/mol. The van der Waals surface area contributed by atoms with E-state index in [9.17, 15) is 0 Å². The van der Waals surface area contributed by atoms with Crippen LogP contribution >= 0.6 is 11.8 Å². The van der Waals surface area contributed by atoms with Gasteiger partial charge in [0, 0.05) is 18.5 Å². The number of para-hydroxylation sites is 2. The Kier molecular flexibility index (Phi) is 3.65. The Morgan fingerprint density at radius 3 is 2.55 bits per heavy atom. The minimum absolute atomic E-state index is 0.653. The summed E-state index contributed by atoms with van der Waals surface area (Å²) in [4.78, 5) is 7.80. The first-order valence-corrected chi connectivity index (χ1v) is 7.68. The molecule has 3 nitrogen and oxygen atoms in total. The first-order valence-electron chi connectivity index (χ1n) is 6.46. The molecule has 0 aliphatic rings. The molecule has 0 N–H and O–H groups in total. The van der Waals surface area contributed by atoms with Crippen molar-refractivity contribution in [2.24, 2.45) is 0 Å². The van der Waals surface area contributed by atoms with Crippen molar-refractivity contribution in [2.45, 2.75) is 11.4 Å². The van der Waals surface area contributed by atoms with E-state index in [1.807, 2.05) is 36.2 Å². The first kappa shape index (κ1) is 13.1. The van der Waals surface area contributed by atoms with Crippen LogP contribution in [0.2, 0.25) is 0 Å². The topological polar surface area (TPSA) is 29.3 Å². The van der Waals surface area contributed by atoms with E-state index in [4.69, 9.17) is 4.42 Å². The molecule has 102 valence electrons.